The molecule has 8 rings (SSSR count). The fourth-order valence-electron chi connectivity index (χ4n) is 4.57. The summed E-state index contributed by atoms with van der Waals surface area (Å²) in [4.78, 5) is 12.5. The van der Waals surface area contributed by atoms with Crippen molar-refractivity contribution in [2.75, 3.05) is 25.0 Å². The van der Waals surface area contributed by atoms with Crippen LogP contribution in [0.15, 0.2) is 153 Å². The number of halogens is 1. The van der Waals surface area contributed by atoms with Gasteiger partial charge >= 0.3 is 0 Å². The van der Waals surface area contributed by atoms with Gasteiger partial charge in [-0.3, -0.25) is 4.79 Å². The number of aliphatic hydroxyl groups excluding tert-OH is 1. The summed E-state index contributed by atoms with van der Waals surface area (Å²) in [6, 6.07) is 25.5. The van der Waals surface area contributed by atoms with E-state index in [1.165, 1.54) is 101 Å². The summed E-state index contributed by atoms with van der Waals surface area (Å²) in [5.41, 5.74) is 5.45. The Morgan fingerprint density at radius 2 is 0.915 bits per heavy atom. The predicted molar refractivity (Wildman–Crippen MR) is 296 cm³/mol. The lowest BCUT2D eigenvalue weighted by Gasteiger charge is -1.97. The zero-order valence-corrected chi connectivity index (χ0v) is 51.3. The van der Waals surface area contributed by atoms with Crippen molar-refractivity contribution >= 4 is 196 Å². The van der Waals surface area contributed by atoms with Gasteiger partial charge in [-0.15, -0.1) is 103 Å². The number of sulfone groups is 6. The lowest BCUT2D eigenvalue weighted by Crippen LogP contribution is -1.96. The molecular weight excluding hydrogens is 1300 g/mol. The highest BCUT2D eigenvalue weighted by Gasteiger charge is 2.25. The Hall–Kier alpha value is -1.93. The van der Waals surface area contributed by atoms with Crippen LogP contribution in [0.1, 0.15) is 19.4 Å². The molecule has 8 aromatic rings. The number of hydrogen-bond donors (Lipinski definition) is 3. The highest BCUT2D eigenvalue weighted by atomic mass is 79.9. The standard InChI is InChI=1S/C10H11NO4S4.C10H10O5S4.C10H8O3S4.C5H5BrO2S2.C4H4S2/c2*1-18(12,13)8-4-5-10(17-8)19(14,15)9-3-2-7(6-11)16-9;1-17(12,13)10-5-4-9(16-10)15-8-3-2-7(6-11)14-8;1-10(7,8)5-3-2-4(6)9-5;5-4-2-1-3-6-4/h2-5H,6,11H2,1H3;2-5,11H,6H2,1H3;2-6H,1H3;2-3H,1H3;1-3,5H. The Kier molecular flexibility index (Phi) is 22.8. The quantitative estimate of drug-likeness (QED) is 0.0715. The largest absolute Gasteiger partial charge is 0.391 e. The van der Waals surface area contributed by atoms with E-state index in [9.17, 15) is 55.3 Å². The van der Waals surface area contributed by atoms with Crippen LogP contribution in [0.3, 0.4) is 0 Å². The third-order valence-corrected chi connectivity index (χ3v) is 31.0. The molecule has 0 amide bonds. The molecule has 0 bridgehead atoms. The van der Waals surface area contributed by atoms with E-state index in [0.29, 0.717) is 18.2 Å². The summed E-state index contributed by atoms with van der Waals surface area (Å²) >= 11 is 17.8. The van der Waals surface area contributed by atoms with Gasteiger partial charge in [0.2, 0.25) is 19.7 Å². The van der Waals surface area contributed by atoms with Crippen LogP contribution in [0.5, 0.6) is 0 Å². The van der Waals surface area contributed by atoms with Gasteiger partial charge in [-0.2, -0.15) is 0 Å². The molecule has 0 fully saturated rings. The summed E-state index contributed by atoms with van der Waals surface area (Å²) in [7, 11) is -20.3. The summed E-state index contributed by atoms with van der Waals surface area (Å²) < 4.78 is 144. The number of nitrogens with two attached hydrogens (primary N) is 1. The van der Waals surface area contributed by atoms with Gasteiger partial charge in [-0.25, -0.2) is 50.5 Å². The van der Waals surface area contributed by atoms with Gasteiger partial charge in [0.25, 0.3) is 0 Å². The second kappa shape index (κ2) is 26.2. The predicted octanol–water partition coefficient (Wildman–Crippen LogP) is 10.2. The van der Waals surface area contributed by atoms with Crippen molar-refractivity contribution in [2.24, 2.45) is 5.73 Å². The maximum Gasteiger partial charge on any atom is 0.225 e. The van der Waals surface area contributed by atoms with Gasteiger partial charge in [0.05, 0.1) is 27.9 Å². The van der Waals surface area contributed by atoms with Crippen molar-refractivity contribution in [3.63, 3.8) is 0 Å². The first-order valence-corrected chi connectivity index (χ1v) is 37.9. The van der Waals surface area contributed by atoms with Gasteiger partial charge in [-0.1, -0.05) is 17.8 Å². The smallest absolute Gasteiger partial charge is 0.225 e. The van der Waals surface area contributed by atoms with Crippen molar-refractivity contribution in [1.82, 2.24) is 0 Å². The van der Waals surface area contributed by atoms with Crippen LogP contribution in [0.2, 0.25) is 0 Å². The van der Waals surface area contributed by atoms with Crippen LogP contribution < -0.4 is 5.73 Å². The Balaban J connectivity index is 0.000000201. The summed E-state index contributed by atoms with van der Waals surface area (Å²) in [5.74, 6) is 0. The van der Waals surface area contributed by atoms with E-state index in [1.807, 2.05) is 23.6 Å². The average molecular weight is 1340 g/mol. The van der Waals surface area contributed by atoms with E-state index in [4.69, 9.17) is 10.8 Å². The SMILES string of the molecule is CS(=O)(=O)c1ccc(Br)s1.CS(=O)(=O)c1ccc(S(=O)(=O)c2ccc(CN)s2)s1.CS(=O)(=O)c1ccc(S(=O)(=O)c2ccc(CO)s2)s1.CS(=O)(=O)c1ccc(Sc2ccc(C=O)s2)s1.Sc1cccs1. The molecule has 3 N–H and O–H groups in total. The monoisotopic (exact) mass is 1330 g/mol. The normalized spacial score (nSPS) is 12.0. The van der Waals surface area contributed by atoms with E-state index in [-0.39, 0.29) is 38.4 Å². The molecular formula is C39H38BrNO14S16. The fraction of sp³-hybridized carbons (Fsp3) is 0.154. The van der Waals surface area contributed by atoms with E-state index >= 15 is 0 Å². The molecule has 0 unspecified atom stereocenters. The topological polar surface area (TPSA) is 268 Å². The molecule has 0 radical (unpaired) electrons. The number of hydrogen-bond acceptors (Lipinski definition) is 25. The fourth-order valence-corrected chi connectivity index (χ4v) is 22.9. The number of thiol groups is 1. The summed E-state index contributed by atoms with van der Waals surface area (Å²) in [5, 5.41) is 10.9. The number of carbonyl (C=O) groups excluding carboxylic acids is 1. The van der Waals surface area contributed by atoms with Crippen molar-refractivity contribution in [1.29, 1.82) is 0 Å². The number of thiophene rings is 8. The van der Waals surface area contributed by atoms with Gasteiger partial charge in [0, 0.05) is 41.3 Å². The van der Waals surface area contributed by atoms with Gasteiger partial charge in [0.15, 0.2) is 45.6 Å². The van der Waals surface area contributed by atoms with E-state index < -0.39 is 59.0 Å². The molecule has 0 aliphatic rings. The average Bonchev–Trinajstić information content (AvgIpc) is 4.13. The van der Waals surface area contributed by atoms with Crippen LogP contribution in [0, 0.1) is 0 Å². The molecule has 0 saturated heterocycles. The first-order valence-electron chi connectivity index (χ1n) is 18.7. The first kappa shape index (κ1) is 61.6. The molecule has 0 aromatic carbocycles. The first-order chi connectivity index (χ1) is 32.9. The Morgan fingerprint density at radius 1 is 0.521 bits per heavy atom. The minimum Gasteiger partial charge on any atom is -0.391 e. The molecule has 0 saturated carbocycles. The molecule has 71 heavy (non-hydrogen) atoms. The van der Waals surface area contributed by atoms with Gasteiger partial charge < -0.3 is 10.8 Å². The molecule has 8 heterocycles. The number of aldehydes is 1. The Labute approximate surface area is 462 Å². The molecule has 0 atom stereocenters. The number of rotatable bonds is 13. The number of aliphatic hydroxyl groups is 1. The minimum atomic E-state index is -3.71. The van der Waals surface area contributed by atoms with Crippen molar-refractivity contribution < 1.29 is 60.4 Å². The highest BCUT2D eigenvalue weighted by Crippen LogP contribution is 2.39. The Morgan fingerprint density at radius 3 is 1.24 bits per heavy atom. The zero-order valence-electron chi connectivity index (χ0n) is 36.6. The maximum atomic E-state index is 12.3. The lowest BCUT2D eigenvalue weighted by molar-refractivity contribution is 0.112. The molecule has 0 aliphatic carbocycles. The third-order valence-electron chi connectivity index (χ3n) is 7.80. The summed E-state index contributed by atoms with van der Waals surface area (Å²) in [6.07, 6.45) is 5.29. The Bertz CT molecular complexity index is 3600. The molecule has 0 spiro atoms. The number of carbonyl (C=O) groups is 1. The molecule has 8 aromatic heterocycles. The van der Waals surface area contributed by atoms with Crippen molar-refractivity contribution in [3.8, 4) is 0 Å². The zero-order chi connectivity index (χ0) is 53.2. The second-order valence-electron chi connectivity index (χ2n) is 13.5. The van der Waals surface area contributed by atoms with Gasteiger partial charge in [0.1, 0.15) is 33.7 Å². The lowest BCUT2D eigenvalue weighted by atomic mass is 10.5. The summed E-state index contributed by atoms with van der Waals surface area (Å²) in [6.45, 7) is 0.0540. The van der Waals surface area contributed by atoms with E-state index in [2.05, 4.69) is 28.6 Å². The van der Waals surface area contributed by atoms with Crippen LogP contribution in [-0.4, -0.2) is 86.9 Å². The van der Waals surface area contributed by atoms with Crippen LogP contribution in [0.4, 0.5) is 0 Å². The highest BCUT2D eigenvalue weighted by molar-refractivity contribution is 9.11. The van der Waals surface area contributed by atoms with Crippen LogP contribution in [-0.2, 0) is 72.2 Å². The molecule has 386 valence electrons. The van der Waals surface area contributed by atoms with Crippen molar-refractivity contribution in [2.45, 2.75) is 59.5 Å². The van der Waals surface area contributed by atoms with Crippen LogP contribution >= 0.6 is 131 Å². The minimum absolute atomic E-state index is 0.0146. The van der Waals surface area contributed by atoms with Crippen LogP contribution in [0.25, 0.3) is 0 Å². The molecule has 15 nitrogen and oxygen atoms in total. The second-order valence-corrected chi connectivity index (χ2v) is 39.8. The van der Waals surface area contributed by atoms with Gasteiger partial charge in [-0.05, 0) is 112 Å². The third kappa shape index (κ3) is 18.7. The van der Waals surface area contributed by atoms with E-state index in [1.54, 1.807) is 47.7 Å². The maximum absolute atomic E-state index is 12.3. The van der Waals surface area contributed by atoms with Crippen molar-refractivity contribution in [3.05, 3.63) is 121 Å². The molecule has 0 aliphatic heterocycles. The molecule has 32 heteroatoms. The van der Waals surface area contributed by atoms with E-state index in [0.717, 1.165) is 85.4 Å².